The highest BCUT2D eigenvalue weighted by Crippen LogP contribution is 2.40. The summed E-state index contributed by atoms with van der Waals surface area (Å²) in [4.78, 5) is 28.2. The molecule has 1 fully saturated rings. The van der Waals surface area contributed by atoms with Gasteiger partial charge in [-0.05, 0) is 64.5 Å². The fraction of sp³-hybridized carbons (Fsp3) is 0.435. The van der Waals surface area contributed by atoms with Crippen LogP contribution in [0.3, 0.4) is 0 Å². The number of ether oxygens (including phenoxy) is 1. The van der Waals surface area contributed by atoms with E-state index in [9.17, 15) is 4.79 Å². The van der Waals surface area contributed by atoms with Gasteiger partial charge in [0.1, 0.15) is 9.71 Å². The Hall–Kier alpha value is -2.22. The summed E-state index contributed by atoms with van der Waals surface area (Å²) in [7, 11) is 4.08. The zero-order valence-electron chi connectivity index (χ0n) is 18.2. The van der Waals surface area contributed by atoms with Crippen molar-refractivity contribution in [2.45, 2.75) is 26.2 Å². The molecule has 0 N–H and O–H groups in total. The predicted molar refractivity (Wildman–Crippen MR) is 126 cm³/mol. The molecule has 4 rings (SSSR count). The fourth-order valence-corrected chi connectivity index (χ4v) is 5.03. The lowest BCUT2D eigenvalue weighted by atomic mass is 10.2. The van der Waals surface area contributed by atoms with Crippen LogP contribution in [-0.4, -0.2) is 66.0 Å². The average molecular weight is 459 g/mol. The summed E-state index contributed by atoms with van der Waals surface area (Å²) in [5.74, 6) is 1.30. The number of hydrogen-bond acceptors (Lipinski definition) is 6. The maximum atomic E-state index is 13.3. The van der Waals surface area contributed by atoms with Crippen LogP contribution < -0.4 is 4.74 Å². The Bertz CT molecular complexity index is 1080. The molecule has 0 aliphatic carbocycles. The van der Waals surface area contributed by atoms with E-state index in [1.54, 1.807) is 0 Å². The number of thiophene rings is 1. The van der Waals surface area contributed by atoms with Crippen LogP contribution in [0.1, 0.15) is 34.6 Å². The molecule has 1 aromatic carbocycles. The molecule has 0 atom stereocenters. The van der Waals surface area contributed by atoms with E-state index in [1.807, 2.05) is 50.2 Å². The summed E-state index contributed by atoms with van der Waals surface area (Å²) in [5, 5.41) is 1.51. The van der Waals surface area contributed by atoms with Gasteiger partial charge in [0.25, 0.3) is 5.91 Å². The lowest BCUT2D eigenvalue weighted by Gasteiger charge is -2.16. The number of carbonyl (C=O) groups is 1. The van der Waals surface area contributed by atoms with Crippen LogP contribution in [0.2, 0.25) is 5.02 Å². The zero-order valence-corrected chi connectivity index (χ0v) is 19.7. The number of nitrogens with zero attached hydrogens (tertiary/aromatic N) is 4. The van der Waals surface area contributed by atoms with Crippen LogP contribution in [0.4, 0.5) is 0 Å². The number of rotatable bonds is 7. The third-order valence-electron chi connectivity index (χ3n) is 5.37. The maximum Gasteiger partial charge on any atom is 0.267 e. The van der Waals surface area contributed by atoms with Gasteiger partial charge in [0.2, 0.25) is 0 Å². The molecule has 3 heterocycles. The SMILES string of the molecule is Cc1nc(-c2ccc(Cl)cc2)nc2sc(C(=O)N3CCCC3)c(OCCCN(C)C)c12. The lowest BCUT2D eigenvalue weighted by molar-refractivity contribution is 0.0793. The van der Waals surface area contributed by atoms with Gasteiger partial charge in [-0.15, -0.1) is 11.3 Å². The molecule has 0 unspecified atom stereocenters. The van der Waals surface area contributed by atoms with Gasteiger partial charge in [0.05, 0.1) is 17.7 Å². The predicted octanol–water partition coefficient (Wildman–Crippen LogP) is 4.89. The van der Waals surface area contributed by atoms with Crippen molar-refractivity contribution >= 4 is 39.1 Å². The highest BCUT2D eigenvalue weighted by Gasteiger charge is 2.28. The van der Waals surface area contributed by atoms with Gasteiger partial charge in [0.15, 0.2) is 11.6 Å². The number of aromatic nitrogens is 2. The van der Waals surface area contributed by atoms with Gasteiger partial charge >= 0.3 is 0 Å². The molecule has 0 saturated carbocycles. The minimum absolute atomic E-state index is 0.0375. The Morgan fingerprint density at radius 1 is 1.19 bits per heavy atom. The Morgan fingerprint density at radius 2 is 1.90 bits per heavy atom. The van der Waals surface area contributed by atoms with E-state index in [0.29, 0.717) is 28.1 Å². The molecule has 8 heteroatoms. The summed E-state index contributed by atoms with van der Waals surface area (Å²) in [6, 6.07) is 7.47. The van der Waals surface area contributed by atoms with Crippen molar-refractivity contribution in [1.82, 2.24) is 19.8 Å². The van der Waals surface area contributed by atoms with Gasteiger partial charge in [0, 0.05) is 30.2 Å². The molecular formula is C23H27ClN4O2S. The molecular weight excluding hydrogens is 432 g/mol. The minimum Gasteiger partial charge on any atom is -0.491 e. The van der Waals surface area contributed by atoms with Crippen molar-refractivity contribution in [2.75, 3.05) is 40.3 Å². The minimum atomic E-state index is 0.0375. The van der Waals surface area contributed by atoms with E-state index in [4.69, 9.17) is 26.3 Å². The Labute approximate surface area is 191 Å². The quantitative estimate of drug-likeness (QED) is 0.472. The number of halogens is 1. The van der Waals surface area contributed by atoms with Crippen LogP contribution >= 0.6 is 22.9 Å². The normalized spacial score (nSPS) is 14.0. The largest absolute Gasteiger partial charge is 0.491 e. The molecule has 2 aromatic heterocycles. The third kappa shape index (κ3) is 4.84. The summed E-state index contributed by atoms with van der Waals surface area (Å²) in [6.07, 6.45) is 2.98. The summed E-state index contributed by atoms with van der Waals surface area (Å²) < 4.78 is 6.20. The van der Waals surface area contributed by atoms with E-state index in [2.05, 4.69) is 4.90 Å². The van der Waals surface area contributed by atoms with Crippen molar-refractivity contribution in [3.05, 3.63) is 39.9 Å². The molecule has 0 bridgehead atoms. The highest BCUT2D eigenvalue weighted by molar-refractivity contribution is 7.21. The van der Waals surface area contributed by atoms with Crippen molar-refractivity contribution in [3.8, 4) is 17.1 Å². The second-order valence-electron chi connectivity index (χ2n) is 8.08. The van der Waals surface area contributed by atoms with E-state index < -0.39 is 0 Å². The van der Waals surface area contributed by atoms with Crippen molar-refractivity contribution in [1.29, 1.82) is 0 Å². The molecule has 1 aliphatic heterocycles. The van der Waals surface area contributed by atoms with Crippen molar-refractivity contribution in [3.63, 3.8) is 0 Å². The maximum absolute atomic E-state index is 13.3. The number of amides is 1. The topological polar surface area (TPSA) is 58.6 Å². The van der Waals surface area contributed by atoms with E-state index in [-0.39, 0.29) is 5.91 Å². The molecule has 164 valence electrons. The van der Waals surface area contributed by atoms with Crippen molar-refractivity contribution < 1.29 is 9.53 Å². The number of benzene rings is 1. The Kier molecular flexibility index (Phi) is 6.74. The number of carbonyl (C=O) groups excluding carboxylic acids is 1. The molecule has 31 heavy (non-hydrogen) atoms. The molecule has 1 amide bonds. The van der Waals surface area contributed by atoms with Crippen molar-refractivity contribution in [2.24, 2.45) is 0 Å². The Morgan fingerprint density at radius 3 is 2.58 bits per heavy atom. The second-order valence-corrected chi connectivity index (χ2v) is 9.52. The third-order valence-corrected chi connectivity index (χ3v) is 6.68. The monoisotopic (exact) mass is 458 g/mol. The molecule has 1 saturated heterocycles. The molecule has 1 aliphatic rings. The van der Waals surface area contributed by atoms with Crippen LogP contribution in [0.15, 0.2) is 24.3 Å². The molecule has 3 aromatic rings. The van der Waals surface area contributed by atoms with Gasteiger partial charge in [-0.2, -0.15) is 0 Å². The average Bonchev–Trinajstić information content (AvgIpc) is 3.39. The first-order valence-electron chi connectivity index (χ1n) is 10.6. The summed E-state index contributed by atoms with van der Waals surface area (Å²) in [5.41, 5.74) is 1.71. The number of likely N-dealkylation sites (tertiary alicyclic amines) is 1. The fourth-order valence-electron chi connectivity index (χ4n) is 3.76. The van der Waals surface area contributed by atoms with Crippen LogP contribution in [-0.2, 0) is 0 Å². The smallest absolute Gasteiger partial charge is 0.267 e. The van der Waals surface area contributed by atoms with Gasteiger partial charge < -0.3 is 14.5 Å². The summed E-state index contributed by atoms with van der Waals surface area (Å²) in [6.45, 7) is 5.02. The lowest BCUT2D eigenvalue weighted by Crippen LogP contribution is -2.27. The molecule has 6 nitrogen and oxygen atoms in total. The standard InChI is InChI=1S/C23H27ClN4O2S/c1-15-18-19(30-14-6-11-27(2)3)20(23(29)28-12-4-5-13-28)31-22(18)26-21(25-15)16-7-9-17(24)10-8-16/h7-10H,4-6,11-14H2,1-3H3. The van der Waals surface area contributed by atoms with Gasteiger partial charge in [-0.1, -0.05) is 11.6 Å². The number of fused-ring (bicyclic) bond motifs is 1. The van der Waals surface area contributed by atoms with Crippen LogP contribution in [0.5, 0.6) is 5.75 Å². The molecule has 0 radical (unpaired) electrons. The highest BCUT2D eigenvalue weighted by atomic mass is 35.5. The van der Waals surface area contributed by atoms with E-state index >= 15 is 0 Å². The molecule has 0 spiro atoms. The number of aryl methyl sites for hydroxylation is 1. The van der Waals surface area contributed by atoms with Crippen LogP contribution in [0, 0.1) is 6.92 Å². The van der Waals surface area contributed by atoms with E-state index in [0.717, 1.165) is 60.4 Å². The zero-order chi connectivity index (χ0) is 22.0. The number of hydrogen-bond donors (Lipinski definition) is 0. The van der Waals surface area contributed by atoms with Gasteiger partial charge in [-0.25, -0.2) is 9.97 Å². The second kappa shape index (κ2) is 9.51. The van der Waals surface area contributed by atoms with Crippen LogP contribution in [0.25, 0.3) is 21.6 Å². The van der Waals surface area contributed by atoms with E-state index in [1.165, 1.54) is 11.3 Å². The first-order valence-corrected chi connectivity index (χ1v) is 11.8. The van der Waals surface area contributed by atoms with Gasteiger partial charge in [-0.3, -0.25) is 4.79 Å². The summed E-state index contributed by atoms with van der Waals surface area (Å²) >= 11 is 7.43. The Balaban J connectivity index is 1.74. The first-order chi connectivity index (χ1) is 14.9. The first kappa shape index (κ1) is 22.0.